The summed E-state index contributed by atoms with van der Waals surface area (Å²) in [7, 11) is 0. The van der Waals surface area contributed by atoms with Gasteiger partial charge >= 0.3 is 0 Å². The van der Waals surface area contributed by atoms with Crippen LogP contribution in [0.1, 0.15) is 48.0 Å². The Balaban J connectivity index is 1.62. The minimum Gasteiger partial charge on any atom is -0.347 e. The number of nitrogens with zero attached hydrogens (tertiary/aromatic N) is 2. The Hall–Kier alpha value is -2.04. The Bertz CT molecular complexity index is 1000. The Kier molecular flexibility index (Phi) is 5.61. The first-order valence-corrected chi connectivity index (χ1v) is 10.5. The third-order valence-corrected chi connectivity index (χ3v) is 6.19. The molecule has 0 aliphatic heterocycles. The van der Waals surface area contributed by atoms with Crippen molar-refractivity contribution >= 4 is 45.7 Å². The van der Waals surface area contributed by atoms with E-state index in [2.05, 4.69) is 28.0 Å². The number of hydrogen-bond donors (Lipinski definition) is 1. The van der Waals surface area contributed by atoms with E-state index in [4.69, 9.17) is 23.2 Å². The summed E-state index contributed by atoms with van der Waals surface area (Å²) in [6, 6.07) is 5.83. The number of benzene rings is 1. The molecule has 1 aromatic carbocycles. The number of halogens is 2. The van der Waals surface area contributed by atoms with Gasteiger partial charge in [-0.2, -0.15) is 0 Å². The number of anilines is 1. The Morgan fingerprint density at radius 2 is 1.89 bits per heavy atom. The van der Waals surface area contributed by atoms with Crippen molar-refractivity contribution < 1.29 is 4.79 Å². The number of aromatic nitrogens is 2. The van der Waals surface area contributed by atoms with Crippen molar-refractivity contribution in [3.63, 3.8) is 0 Å². The van der Waals surface area contributed by atoms with Crippen molar-refractivity contribution in [2.45, 2.75) is 45.6 Å². The molecule has 4 nitrogen and oxygen atoms in total. The van der Waals surface area contributed by atoms with E-state index < -0.39 is 0 Å². The number of nitrogens with one attached hydrogen (secondary N) is 1. The smallest absolute Gasteiger partial charge is 0.255 e. The molecule has 4 rings (SSSR count). The zero-order valence-corrected chi connectivity index (χ0v) is 17.4. The molecule has 0 spiro atoms. The molecule has 1 saturated carbocycles. The zero-order chi connectivity index (χ0) is 19.7. The van der Waals surface area contributed by atoms with Crippen molar-refractivity contribution in [3.05, 3.63) is 58.0 Å². The van der Waals surface area contributed by atoms with Crippen LogP contribution in [0.5, 0.6) is 0 Å². The molecule has 2 heterocycles. The number of rotatable bonds is 4. The molecule has 1 fully saturated rings. The van der Waals surface area contributed by atoms with E-state index in [-0.39, 0.29) is 5.91 Å². The van der Waals surface area contributed by atoms with Gasteiger partial charge in [0, 0.05) is 41.6 Å². The highest BCUT2D eigenvalue weighted by Gasteiger charge is 2.17. The number of fused-ring (bicyclic) bond motifs is 1. The van der Waals surface area contributed by atoms with Gasteiger partial charge in [-0.15, -0.1) is 0 Å². The molecule has 2 aromatic heterocycles. The highest BCUT2D eigenvalue weighted by molar-refractivity contribution is 6.39. The molecule has 0 atom stereocenters. The van der Waals surface area contributed by atoms with Gasteiger partial charge in [-0.3, -0.25) is 9.78 Å². The number of carbonyl (C=O) groups is 1. The standard InChI is InChI=1S/C22H23Cl2N3O/c1-14-12-27(13-15-5-3-2-4-6-15)20-9-16(7-8-17(14)20)22(28)26-21-18(23)10-25-11-19(21)24/h7-12,15H,2-6,13H2,1H3,(H,25,26,28). The second-order valence-corrected chi connectivity index (χ2v) is 8.45. The lowest BCUT2D eigenvalue weighted by molar-refractivity contribution is 0.102. The lowest BCUT2D eigenvalue weighted by Crippen LogP contribution is -2.14. The monoisotopic (exact) mass is 415 g/mol. The van der Waals surface area contributed by atoms with Crippen LogP contribution < -0.4 is 5.32 Å². The summed E-state index contributed by atoms with van der Waals surface area (Å²) in [5.74, 6) is 0.482. The maximum atomic E-state index is 12.8. The molecule has 146 valence electrons. The van der Waals surface area contributed by atoms with E-state index in [9.17, 15) is 4.79 Å². The van der Waals surface area contributed by atoms with Crippen molar-refractivity contribution in [1.82, 2.24) is 9.55 Å². The van der Waals surface area contributed by atoms with Crippen molar-refractivity contribution in [2.75, 3.05) is 5.32 Å². The van der Waals surface area contributed by atoms with Crippen molar-refractivity contribution in [1.29, 1.82) is 0 Å². The average molecular weight is 416 g/mol. The Morgan fingerprint density at radius 3 is 2.61 bits per heavy atom. The van der Waals surface area contributed by atoms with Crippen molar-refractivity contribution in [2.24, 2.45) is 5.92 Å². The number of carbonyl (C=O) groups excluding carboxylic acids is 1. The summed E-state index contributed by atoms with van der Waals surface area (Å²) in [5.41, 5.74) is 3.30. The minimum atomic E-state index is -0.236. The topological polar surface area (TPSA) is 46.9 Å². The van der Waals surface area contributed by atoms with Crippen LogP contribution in [0.2, 0.25) is 10.0 Å². The molecular formula is C22H23Cl2N3O. The summed E-state index contributed by atoms with van der Waals surface area (Å²) in [6.45, 7) is 3.13. The fraction of sp³-hybridized carbons (Fsp3) is 0.364. The van der Waals surface area contributed by atoms with Crippen LogP contribution in [0.25, 0.3) is 10.9 Å². The first kappa shape index (κ1) is 19.3. The van der Waals surface area contributed by atoms with Crippen LogP contribution >= 0.6 is 23.2 Å². The molecule has 0 saturated heterocycles. The van der Waals surface area contributed by atoms with E-state index >= 15 is 0 Å². The van der Waals surface area contributed by atoms with Gasteiger partial charge in [0.2, 0.25) is 0 Å². The van der Waals surface area contributed by atoms with Gasteiger partial charge in [-0.1, -0.05) is 48.5 Å². The fourth-order valence-corrected chi connectivity index (χ4v) is 4.59. The fourth-order valence-electron chi connectivity index (χ4n) is 4.13. The van der Waals surface area contributed by atoms with Gasteiger partial charge in [0.15, 0.2) is 0 Å². The largest absolute Gasteiger partial charge is 0.347 e. The summed E-state index contributed by atoms with van der Waals surface area (Å²) in [4.78, 5) is 16.7. The van der Waals surface area contributed by atoms with Gasteiger partial charge in [-0.05, 0) is 43.4 Å². The highest BCUT2D eigenvalue weighted by atomic mass is 35.5. The number of aryl methyl sites for hydroxylation is 1. The Labute approximate surface area is 174 Å². The molecule has 1 aliphatic carbocycles. The van der Waals surface area contributed by atoms with E-state index in [1.165, 1.54) is 55.4 Å². The zero-order valence-electron chi connectivity index (χ0n) is 15.8. The summed E-state index contributed by atoms with van der Waals surface area (Å²) in [5, 5.41) is 4.64. The summed E-state index contributed by atoms with van der Waals surface area (Å²) in [6.07, 6.45) is 11.7. The molecule has 1 aliphatic rings. The second kappa shape index (κ2) is 8.14. The maximum absolute atomic E-state index is 12.8. The highest BCUT2D eigenvalue weighted by Crippen LogP contribution is 2.31. The van der Waals surface area contributed by atoms with E-state index in [0.29, 0.717) is 21.3 Å². The lowest BCUT2D eigenvalue weighted by Gasteiger charge is -2.22. The molecular weight excluding hydrogens is 393 g/mol. The van der Waals surface area contributed by atoms with Crippen molar-refractivity contribution in [3.8, 4) is 0 Å². The first-order valence-electron chi connectivity index (χ1n) is 9.73. The molecule has 0 bridgehead atoms. The van der Waals surface area contributed by atoms with Gasteiger partial charge in [0.05, 0.1) is 15.7 Å². The summed E-state index contributed by atoms with van der Waals surface area (Å²) < 4.78 is 2.31. The van der Waals surface area contributed by atoms with Crippen LogP contribution in [0.4, 0.5) is 5.69 Å². The van der Waals surface area contributed by atoms with Crippen LogP contribution in [0, 0.1) is 12.8 Å². The van der Waals surface area contributed by atoms with E-state index in [1.807, 2.05) is 18.2 Å². The predicted molar refractivity (Wildman–Crippen MR) is 115 cm³/mol. The van der Waals surface area contributed by atoms with E-state index in [0.717, 1.165) is 18.0 Å². The van der Waals surface area contributed by atoms with Gasteiger partial charge < -0.3 is 9.88 Å². The number of pyridine rings is 1. The first-order chi connectivity index (χ1) is 13.5. The SMILES string of the molecule is Cc1cn(CC2CCCCC2)c2cc(C(=O)Nc3c(Cl)cncc3Cl)ccc12. The molecule has 6 heteroatoms. The Morgan fingerprint density at radius 1 is 1.18 bits per heavy atom. The van der Waals surface area contributed by atoms with Crippen LogP contribution in [0.3, 0.4) is 0 Å². The molecule has 28 heavy (non-hydrogen) atoms. The minimum absolute atomic E-state index is 0.236. The molecule has 1 amide bonds. The third-order valence-electron chi connectivity index (χ3n) is 5.62. The molecule has 3 aromatic rings. The average Bonchev–Trinajstić information content (AvgIpc) is 3.00. The molecule has 0 radical (unpaired) electrons. The maximum Gasteiger partial charge on any atom is 0.255 e. The number of hydrogen-bond acceptors (Lipinski definition) is 2. The van der Waals surface area contributed by atoms with Crippen LogP contribution in [0.15, 0.2) is 36.8 Å². The molecule has 0 unspecified atom stereocenters. The van der Waals surface area contributed by atoms with Crippen LogP contribution in [-0.4, -0.2) is 15.5 Å². The lowest BCUT2D eigenvalue weighted by atomic mass is 9.89. The second-order valence-electron chi connectivity index (χ2n) is 7.63. The normalized spacial score (nSPS) is 15.1. The van der Waals surface area contributed by atoms with Gasteiger partial charge in [0.1, 0.15) is 0 Å². The third kappa shape index (κ3) is 3.89. The number of amides is 1. The predicted octanol–water partition coefficient (Wildman–Crippen LogP) is 6.48. The summed E-state index contributed by atoms with van der Waals surface area (Å²) >= 11 is 12.3. The quantitative estimate of drug-likeness (QED) is 0.529. The van der Waals surface area contributed by atoms with Crippen LogP contribution in [-0.2, 0) is 6.54 Å². The van der Waals surface area contributed by atoms with E-state index in [1.54, 1.807) is 0 Å². The molecule has 1 N–H and O–H groups in total. The van der Waals surface area contributed by atoms with Gasteiger partial charge in [-0.25, -0.2) is 0 Å². The van der Waals surface area contributed by atoms with Gasteiger partial charge in [0.25, 0.3) is 5.91 Å².